The summed E-state index contributed by atoms with van der Waals surface area (Å²) in [6.45, 7) is 0.978. The van der Waals surface area contributed by atoms with Crippen molar-refractivity contribution in [3.05, 3.63) is 34.9 Å². The molecule has 14 heavy (non-hydrogen) atoms. The second-order valence-electron chi connectivity index (χ2n) is 3.54. The molecule has 76 valence electrons. The summed E-state index contributed by atoms with van der Waals surface area (Å²) in [6, 6.07) is 8.05. The molecule has 0 saturated carbocycles. The van der Waals surface area contributed by atoms with Crippen LogP contribution in [-0.4, -0.2) is 12.6 Å². The Hall–Kier alpha value is -0.610. The van der Waals surface area contributed by atoms with E-state index in [0.29, 0.717) is 6.04 Å². The first-order valence-electron chi connectivity index (χ1n) is 4.77. The van der Waals surface area contributed by atoms with Crippen LogP contribution in [0.2, 0.25) is 5.02 Å². The van der Waals surface area contributed by atoms with Crippen LogP contribution in [0, 0.1) is 0 Å². The number of nitrogens with one attached hydrogen (secondary N) is 2. The molecule has 0 bridgehead atoms. The first kappa shape index (κ1) is 9.93. The Morgan fingerprint density at radius 3 is 2.64 bits per heavy atom. The Kier molecular flexibility index (Phi) is 3.03. The Bertz CT molecular complexity index is 293. The van der Waals surface area contributed by atoms with E-state index in [1.54, 1.807) is 0 Å². The summed E-state index contributed by atoms with van der Waals surface area (Å²) in [5.41, 5.74) is 13.5. The third-order valence-electron chi connectivity index (χ3n) is 2.56. The molecule has 0 amide bonds. The maximum absolute atomic E-state index is 6.10. The Labute approximate surface area is 88.6 Å². The quantitative estimate of drug-likeness (QED) is 0.689. The summed E-state index contributed by atoms with van der Waals surface area (Å²) in [4.78, 5) is 0. The third kappa shape index (κ3) is 2.07. The van der Waals surface area contributed by atoms with Crippen LogP contribution in [0.25, 0.3) is 0 Å². The third-order valence-corrected chi connectivity index (χ3v) is 2.81. The number of nitrogens with two attached hydrogens (primary N) is 1. The van der Waals surface area contributed by atoms with Gasteiger partial charge in [0.05, 0.1) is 0 Å². The van der Waals surface area contributed by atoms with E-state index in [4.69, 9.17) is 17.3 Å². The van der Waals surface area contributed by atoms with Crippen molar-refractivity contribution in [3.8, 4) is 0 Å². The maximum atomic E-state index is 6.10. The second kappa shape index (κ2) is 4.28. The SMILES string of the molecule is NC(c1ccc(Cl)cc1)C1CCNN1. The van der Waals surface area contributed by atoms with Crippen molar-refractivity contribution < 1.29 is 0 Å². The lowest BCUT2D eigenvalue weighted by atomic mass is 9.99. The van der Waals surface area contributed by atoms with Gasteiger partial charge in [0.1, 0.15) is 0 Å². The van der Waals surface area contributed by atoms with E-state index in [1.807, 2.05) is 24.3 Å². The van der Waals surface area contributed by atoms with Gasteiger partial charge in [-0.2, -0.15) is 0 Å². The monoisotopic (exact) mass is 211 g/mol. The standard InChI is InChI=1S/C10H14ClN3/c11-8-3-1-7(2-4-8)10(12)9-5-6-13-14-9/h1-4,9-10,13-14H,5-6,12H2. The number of hydrogen-bond donors (Lipinski definition) is 3. The zero-order valence-electron chi connectivity index (χ0n) is 7.83. The molecule has 0 spiro atoms. The van der Waals surface area contributed by atoms with E-state index >= 15 is 0 Å². The molecule has 1 heterocycles. The lowest BCUT2D eigenvalue weighted by Gasteiger charge is -2.18. The molecule has 2 atom stereocenters. The van der Waals surface area contributed by atoms with Gasteiger partial charge in [-0.05, 0) is 24.1 Å². The second-order valence-corrected chi connectivity index (χ2v) is 3.98. The predicted octanol–water partition coefficient (Wildman–Crippen LogP) is 1.21. The van der Waals surface area contributed by atoms with Crippen molar-refractivity contribution in [1.29, 1.82) is 0 Å². The van der Waals surface area contributed by atoms with Crippen LogP contribution in [0.1, 0.15) is 18.0 Å². The average molecular weight is 212 g/mol. The number of benzene rings is 1. The van der Waals surface area contributed by atoms with Crippen LogP contribution in [0.3, 0.4) is 0 Å². The highest BCUT2D eigenvalue weighted by Gasteiger charge is 2.22. The summed E-state index contributed by atoms with van der Waals surface area (Å²) in [5, 5.41) is 0.749. The number of hydrazine groups is 1. The van der Waals surface area contributed by atoms with Crippen LogP contribution >= 0.6 is 11.6 Å². The van der Waals surface area contributed by atoms with Gasteiger partial charge in [0.25, 0.3) is 0 Å². The molecule has 1 aliphatic heterocycles. The minimum absolute atomic E-state index is 0.0299. The molecule has 2 rings (SSSR count). The molecule has 4 N–H and O–H groups in total. The maximum Gasteiger partial charge on any atom is 0.0465 e. The Balaban J connectivity index is 2.09. The first-order chi connectivity index (χ1) is 6.77. The zero-order chi connectivity index (χ0) is 9.97. The molecule has 2 unspecified atom stereocenters. The first-order valence-corrected chi connectivity index (χ1v) is 5.14. The molecule has 1 aromatic rings. The summed E-state index contributed by atoms with van der Waals surface area (Å²) < 4.78 is 0. The average Bonchev–Trinajstić information content (AvgIpc) is 2.71. The molecule has 1 aliphatic rings. The largest absolute Gasteiger partial charge is 0.323 e. The van der Waals surface area contributed by atoms with Crippen molar-refractivity contribution in [3.63, 3.8) is 0 Å². The van der Waals surface area contributed by atoms with Crippen molar-refractivity contribution in [2.75, 3.05) is 6.54 Å². The number of hydrogen-bond acceptors (Lipinski definition) is 3. The fourth-order valence-electron chi connectivity index (χ4n) is 1.69. The zero-order valence-corrected chi connectivity index (χ0v) is 8.59. The smallest absolute Gasteiger partial charge is 0.0465 e. The predicted molar refractivity (Wildman–Crippen MR) is 57.9 cm³/mol. The van der Waals surface area contributed by atoms with Gasteiger partial charge in [0.15, 0.2) is 0 Å². The van der Waals surface area contributed by atoms with Crippen molar-refractivity contribution in [2.24, 2.45) is 5.73 Å². The van der Waals surface area contributed by atoms with Crippen LogP contribution < -0.4 is 16.6 Å². The summed E-state index contributed by atoms with van der Waals surface area (Å²) in [6.07, 6.45) is 1.06. The molecule has 0 aromatic heterocycles. The highest BCUT2D eigenvalue weighted by molar-refractivity contribution is 6.30. The van der Waals surface area contributed by atoms with Gasteiger partial charge in [-0.3, -0.25) is 10.9 Å². The fraction of sp³-hybridized carbons (Fsp3) is 0.400. The molecule has 0 aliphatic carbocycles. The van der Waals surface area contributed by atoms with Gasteiger partial charge in [-0.15, -0.1) is 0 Å². The van der Waals surface area contributed by atoms with Crippen LogP contribution in [0.5, 0.6) is 0 Å². The lowest BCUT2D eigenvalue weighted by Crippen LogP contribution is -2.38. The minimum atomic E-state index is 0.0299. The van der Waals surface area contributed by atoms with Gasteiger partial charge in [-0.1, -0.05) is 23.7 Å². The molecular formula is C10H14ClN3. The van der Waals surface area contributed by atoms with Crippen molar-refractivity contribution in [2.45, 2.75) is 18.5 Å². The van der Waals surface area contributed by atoms with E-state index < -0.39 is 0 Å². The summed E-state index contributed by atoms with van der Waals surface area (Å²) in [5.74, 6) is 0. The van der Waals surface area contributed by atoms with Crippen molar-refractivity contribution in [1.82, 2.24) is 10.9 Å². The van der Waals surface area contributed by atoms with E-state index in [-0.39, 0.29) is 6.04 Å². The Morgan fingerprint density at radius 1 is 1.36 bits per heavy atom. The highest BCUT2D eigenvalue weighted by Crippen LogP contribution is 2.19. The molecule has 3 nitrogen and oxygen atoms in total. The van der Waals surface area contributed by atoms with Gasteiger partial charge in [0.2, 0.25) is 0 Å². The molecule has 1 saturated heterocycles. The number of halogens is 1. The number of rotatable bonds is 2. The van der Waals surface area contributed by atoms with Gasteiger partial charge < -0.3 is 5.73 Å². The molecule has 1 aromatic carbocycles. The highest BCUT2D eigenvalue weighted by atomic mass is 35.5. The van der Waals surface area contributed by atoms with E-state index in [0.717, 1.165) is 23.6 Å². The fourth-order valence-corrected chi connectivity index (χ4v) is 1.82. The molecule has 1 fully saturated rings. The molecule has 4 heteroatoms. The molecular weight excluding hydrogens is 198 g/mol. The van der Waals surface area contributed by atoms with E-state index in [2.05, 4.69) is 10.9 Å². The van der Waals surface area contributed by atoms with Crippen molar-refractivity contribution >= 4 is 11.6 Å². The summed E-state index contributed by atoms with van der Waals surface area (Å²) in [7, 11) is 0. The van der Waals surface area contributed by atoms with Crippen LogP contribution in [0.15, 0.2) is 24.3 Å². The molecule has 0 radical (unpaired) electrons. The minimum Gasteiger partial charge on any atom is -0.323 e. The summed E-state index contributed by atoms with van der Waals surface area (Å²) >= 11 is 5.81. The van der Waals surface area contributed by atoms with E-state index in [1.165, 1.54) is 0 Å². The van der Waals surface area contributed by atoms with Gasteiger partial charge in [-0.25, -0.2) is 0 Å². The van der Waals surface area contributed by atoms with Gasteiger partial charge >= 0.3 is 0 Å². The topological polar surface area (TPSA) is 50.1 Å². The lowest BCUT2D eigenvalue weighted by molar-refractivity contribution is 0.473. The van der Waals surface area contributed by atoms with Gasteiger partial charge in [0, 0.05) is 23.7 Å². The van der Waals surface area contributed by atoms with Crippen LogP contribution in [0.4, 0.5) is 0 Å². The Morgan fingerprint density at radius 2 is 2.07 bits per heavy atom. The normalized spacial score (nSPS) is 23.7. The van der Waals surface area contributed by atoms with Crippen LogP contribution in [-0.2, 0) is 0 Å². The van der Waals surface area contributed by atoms with E-state index in [9.17, 15) is 0 Å².